The van der Waals surface area contributed by atoms with Gasteiger partial charge in [0.25, 0.3) is 10.0 Å². The number of hydrogen-bond donors (Lipinski definition) is 2. The Labute approximate surface area is 203 Å². The van der Waals surface area contributed by atoms with Crippen molar-refractivity contribution < 1.29 is 8.42 Å². The van der Waals surface area contributed by atoms with E-state index in [-0.39, 0.29) is 4.90 Å². The highest BCUT2D eigenvalue weighted by atomic mass is 79.9. The van der Waals surface area contributed by atoms with Crippen molar-refractivity contribution in [1.82, 2.24) is 10.2 Å². The van der Waals surface area contributed by atoms with Gasteiger partial charge in [-0.25, -0.2) is 8.42 Å². The molecule has 0 atom stereocenters. The maximum absolute atomic E-state index is 13.1. The third-order valence-corrected chi connectivity index (χ3v) is 7.72. The standard InChI is InChI=1S/C24H17BrN4O2S2/c25-18-9-5-10-19(15-18)26-24-28-27-23(32-24)17-8-3-11-20(14-17)29-33(30,31)22-13-4-7-16-6-1-2-12-21(16)22/h1-15,29H,(H,26,28). The number of halogens is 1. The van der Waals surface area contributed by atoms with Crippen molar-refractivity contribution in [2.75, 3.05) is 10.0 Å². The van der Waals surface area contributed by atoms with Gasteiger partial charge in [-0.1, -0.05) is 81.9 Å². The van der Waals surface area contributed by atoms with Crippen molar-refractivity contribution in [1.29, 1.82) is 0 Å². The molecule has 0 aliphatic heterocycles. The lowest BCUT2D eigenvalue weighted by Gasteiger charge is -2.11. The molecule has 0 bridgehead atoms. The molecule has 2 N–H and O–H groups in total. The maximum atomic E-state index is 13.1. The summed E-state index contributed by atoms with van der Waals surface area (Å²) in [5.74, 6) is 0. The predicted molar refractivity (Wildman–Crippen MR) is 138 cm³/mol. The highest BCUT2D eigenvalue weighted by molar-refractivity contribution is 9.10. The Balaban J connectivity index is 1.40. The van der Waals surface area contributed by atoms with E-state index in [1.165, 1.54) is 11.3 Å². The summed E-state index contributed by atoms with van der Waals surface area (Å²) in [5.41, 5.74) is 2.12. The van der Waals surface area contributed by atoms with Crippen molar-refractivity contribution >= 4 is 64.6 Å². The first kappa shape index (κ1) is 21.6. The van der Waals surface area contributed by atoms with Crippen LogP contribution in [0.15, 0.2) is 100 Å². The molecule has 33 heavy (non-hydrogen) atoms. The van der Waals surface area contributed by atoms with E-state index in [1.54, 1.807) is 36.4 Å². The monoisotopic (exact) mass is 536 g/mol. The van der Waals surface area contributed by atoms with Gasteiger partial charge in [-0.2, -0.15) is 0 Å². The van der Waals surface area contributed by atoms with Gasteiger partial charge in [-0.3, -0.25) is 4.72 Å². The zero-order chi connectivity index (χ0) is 22.8. The van der Waals surface area contributed by atoms with Crippen LogP contribution in [0.2, 0.25) is 0 Å². The van der Waals surface area contributed by atoms with Crippen LogP contribution in [0, 0.1) is 0 Å². The van der Waals surface area contributed by atoms with Gasteiger partial charge >= 0.3 is 0 Å². The molecule has 5 rings (SSSR count). The second kappa shape index (κ2) is 8.93. The summed E-state index contributed by atoms with van der Waals surface area (Å²) in [6.07, 6.45) is 0. The van der Waals surface area contributed by atoms with Crippen LogP contribution >= 0.6 is 27.3 Å². The van der Waals surface area contributed by atoms with Gasteiger partial charge in [-0.05, 0) is 41.8 Å². The van der Waals surface area contributed by atoms with Crippen LogP contribution < -0.4 is 10.0 Å². The molecule has 0 spiro atoms. The number of nitrogens with zero attached hydrogens (tertiary/aromatic N) is 2. The molecule has 0 saturated carbocycles. The Morgan fingerprint density at radius 2 is 1.55 bits per heavy atom. The fraction of sp³-hybridized carbons (Fsp3) is 0. The van der Waals surface area contributed by atoms with Gasteiger partial charge in [0, 0.05) is 26.8 Å². The van der Waals surface area contributed by atoms with E-state index in [1.807, 2.05) is 54.6 Å². The van der Waals surface area contributed by atoms with Crippen LogP contribution in [0.25, 0.3) is 21.3 Å². The van der Waals surface area contributed by atoms with Gasteiger partial charge in [0.2, 0.25) is 5.13 Å². The number of rotatable bonds is 6. The van der Waals surface area contributed by atoms with Crippen LogP contribution in [0.4, 0.5) is 16.5 Å². The van der Waals surface area contributed by atoms with Gasteiger partial charge in [0.05, 0.1) is 4.90 Å². The smallest absolute Gasteiger partial charge is 0.262 e. The lowest BCUT2D eigenvalue weighted by Crippen LogP contribution is -2.13. The summed E-state index contributed by atoms with van der Waals surface area (Å²) >= 11 is 4.84. The van der Waals surface area contributed by atoms with Crippen LogP contribution in [-0.4, -0.2) is 18.6 Å². The summed E-state index contributed by atoms with van der Waals surface area (Å²) in [7, 11) is -3.78. The second-order valence-electron chi connectivity index (χ2n) is 7.21. The maximum Gasteiger partial charge on any atom is 0.262 e. The molecule has 0 radical (unpaired) electrons. The van der Waals surface area contributed by atoms with Crippen molar-refractivity contribution in [3.63, 3.8) is 0 Å². The molecule has 5 aromatic rings. The summed E-state index contributed by atoms with van der Waals surface area (Å²) in [6.45, 7) is 0. The molecule has 0 unspecified atom stereocenters. The summed E-state index contributed by atoms with van der Waals surface area (Å²) in [5, 5.41) is 14.6. The zero-order valence-electron chi connectivity index (χ0n) is 17.1. The van der Waals surface area contributed by atoms with Crippen LogP contribution in [0.3, 0.4) is 0 Å². The Bertz CT molecular complexity index is 1560. The van der Waals surface area contributed by atoms with E-state index in [4.69, 9.17) is 0 Å². The first-order valence-electron chi connectivity index (χ1n) is 9.95. The molecule has 4 aromatic carbocycles. The predicted octanol–water partition coefficient (Wildman–Crippen LogP) is 6.67. The average Bonchev–Trinajstić information content (AvgIpc) is 3.27. The molecular weight excluding hydrogens is 520 g/mol. The van der Waals surface area contributed by atoms with Crippen LogP contribution in [0.5, 0.6) is 0 Å². The molecule has 1 heterocycles. The highest BCUT2D eigenvalue weighted by Crippen LogP contribution is 2.31. The number of anilines is 3. The Kier molecular flexibility index (Phi) is 5.84. The van der Waals surface area contributed by atoms with E-state index in [9.17, 15) is 8.42 Å². The lowest BCUT2D eigenvalue weighted by molar-refractivity contribution is 0.602. The second-order valence-corrected chi connectivity index (χ2v) is 10.8. The Hall–Kier alpha value is -3.27. The van der Waals surface area contributed by atoms with Crippen LogP contribution in [0.1, 0.15) is 0 Å². The van der Waals surface area contributed by atoms with Crippen molar-refractivity contribution in [2.24, 2.45) is 0 Å². The third kappa shape index (κ3) is 4.75. The quantitative estimate of drug-likeness (QED) is 0.253. The number of benzene rings is 4. The molecular formula is C24H17BrN4O2S2. The van der Waals surface area contributed by atoms with Gasteiger partial charge in [0.1, 0.15) is 5.01 Å². The fourth-order valence-electron chi connectivity index (χ4n) is 3.44. The van der Waals surface area contributed by atoms with Gasteiger partial charge < -0.3 is 5.32 Å². The number of aromatic nitrogens is 2. The van der Waals surface area contributed by atoms with Crippen LogP contribution in [-0.2, 0) is 10.0 Å². The lowest BCUT2D eigenvalue weighted by atomic mass is 10.1. The topological polar surface area (TPSA) is 84.0 Å². The normalized spacial score (nSPS) is 11.4. The van der Waals surface area contributed by atoms with E-state index in [0.717, 1.165) is 21.1 Å². The molecule has 164 valence electrons. The van der Waals surface area contributed by atoms with E-state index in [0.29, 0.717) is 21.2 Å². The van der Waals surface area contributed by atoms with Crippen molar-refractivity contribution in [3.05, 3.63) is 95.5 Å². The number of sulfonamides is 1. The number of fused-ring (bicyclic) bond motifs is 1. The van der Waals surface area contributed by atoms with E-state index >= 15 is 0 Å². The molecule has 0 saturated heterocycles. The van der Waals surface area contributed by atoms with Crippen molar-refractivity contribution in [3.8, 4) is 10.6 Å². The number of hydrogen-bond acceptors (Lipinski definition) is 6. The first-order valence-corrected chi connectivity index (χ1v) is 13.0. The summed E-state index contributed by atoms with van der Waals surface area (Å²) < 4.78 is 30.0. The molecule has 1 aromatic heterocycles. The summed E-state index contributed by atoms with van der Waals surface area (Å²) in [6, 6.07) is 27.6. The molecule has 0 fully saturated rings. The fourth-order valence-corrected chi connectivity index (χ4v) is 5.88. The summed E-state index contributed by atoms with van der Waals surface area (Å²) in [4.78, 5) is 0.238. The molecule has 0 aliphatic carbocycles. The minimum Gasteiger partial charge on any atom is -0.330 e. The Morgan fingerprint density at radius 3 is 2.42 bits per heavy atom. The third-order valence-electron chi connectivity index (χ3n) is 4.90. The van der Waals surface area contributed by atoms with Gasteiger partial charge in [-0.15, -0.1) is 10.2 Å². The van der Waals surface area contributed by atoms with Crippen molar-refractivity contribution in [2.45, 2.75) is 4.90 Å². The van der Waals surface area contributed by atoms with E-state index < -0.39 is 10.0 Å². The molecule has 0 aliphatic rings. The molecule has 6 nitrogen and oxygen atoms in total. The van der Waals surface area contributed by atoms with Gasteiger partial charge in [0.15, 0.2) is 0 Å². The minimum atomic E-state index is -3.78. The largest absolute Gasteiger partial charge is 0.330 e. The van der Waals surface area contributed by atoms with E-state index in [2.05, 4.69) is 36.2 Å². The Morgan fingerprint density at radius 1 is 0.788 bits per heavy atom. The highest BCUT2D eigenvalue weighted by Gasteiger charge is 2.18. The molecule has 0 amide bonds. The molecule has 9 heteroatoms. The zero-order valence-corrected chi connectivity index (χ0v) is 20.3. The number of nitrogens with one attached hydrogen (secondary N) is 2. The SMILES string of the molecule is O=S(=O)(Nc1cccc(-c2nnc(Nc3cccc(Br)c3)s2)c1)c1cccc2ccccc12. The minimum absolute atomic E-state index is 0.238. The average molecular weight is 537 g/mol. The first-order chi connectivity index (χ1) is 16.0.